The molecular weight excluding hydrogens is 374 g/mol. The minimum absolute atomic E-state index is 0.410. The molecule has 0 aliphatic carbocycles. The maximum absolute atomic E-state index is 6.11. The van der Waals surface area contributed by atoms with E-state index in [1.54, 1.807) is 0 Å². The van der Waals surface area contributed by atoms with Gasteiger partial charge in [-0.15, -0.1) is 0 Å². The number of ether oxygens (including phenoxy) is 1. The van der Waals surface area contributed by atoms with E-state index in [0.29, 0.717) is 6.10 Å². The zero-order chi connectivity index (χ0) is 21.4. The van der Waals surface area contributed by atoms with Crippen LogP contribution in [-0.2, 0) is 11.3 Å². The van der Waals surface area contributed by atoms with Gasteiger partial charge in [-0.3, -0.25) is 9.89 Å². The van der Waals surface area contributed by atoms with Crippen LogP contribution in [-0.4, -0.2) is 81.8 Å². The minimum Gasteiger partial charge on any atom is -0.378 e. The summed E-state index contributed by atoms with van der Waals surface area (Å²) in [5.41, 5.74) is 1.40. The van der Waals surface area contributed by atoms with Crippen molar-refractivity contribution in [3.63, 3.8) is 0 Å². The molecule has 0 atom stereocenters. The highest BCUT2D eigenvalue weighted by Crippen LogP contribution is 2.16. The summed E-state index contributed by atoms with van der Waals surface area (Å²) in [4.78, 5) is 9.20. The van der Waals surface area contributed by atoms with Crippen LogP contribution in [0.5, 0.6) is 0 Å². The summed E-state index contributed by atoms with van der Waals surface area (Å²) in [5.74, 6) is 0.883. The van der Waals surface area contributed by atoms with Gasteiger partial charge in [0.1, 0.15) is 0 Å². The lowest BCUT2D eigenvalue weighted by Crippen LogP contribution is -2.41. The van der Waals surface area contributed by atoms with E-state index in [0.717, 1.165) is 77.6 Å². The molecule has 0 unspecified atom stereocenters. The topological polar surface area (TPSA) is 52.1 Å². The van der Waals surface area contributed by atoms with E-state index < -0.39 is 0 Å². The van der Waals surface area contributed by atoms with Gasteiger partial charge in [0, 0.05) is 52.9 Å². The Bertz CT molecular complexity index is 572. The van der Waals surface area contributed by atoms with Crippen molar-refractivity contribution in [1.29, 1.82) is 0 Å². The number of likely N-dealkylation sites (tertiary alicyclic amines) is 1. The van der Waals surface area contributed by atoms with Gasteiger partial charge in [-0.2, -0.15) is 0 Å². The van der Waals surface area contributed by atoms with Crippen LogP contribution in [0.15, 0.2) is 35.3 Å². The molecule has 0 saturated carbocycles. The number of piperidine rings is 1. The van der Waals surface area contributed by atoms with Gasteiger partial charge in [-0.25, -0.2) is 0 Å². The van der Waals surface area contributed by atoms with E-state index in [2.05, 4.69) is 69.7 Å². The van der Waals surface area contributed by atoms with Crippen LogP contribution in [0.3, 0.4) is 0 Å². The van der Waals surface area contributed by atoms with Crippen molar-refractivity contribution in [2.45, 2.75) is 51.7 Å². The average Bonchev–Trinajstić information content (AvgIpc) is 2.78. The molecule has 0 bridgehead atoms. The zero-order valence-corrected chi connectivity index (χ0v) is 19.4. The van der Waals surface area contributed by atoms with E-state index >= 15 is 0 Å². The Hall–Kier alpha value is -1.63. The number of nitrogens with one attached hydrogen (secondary N) is 2. The summed E-state index contributed by atoms with van der Waals surface area (Å²) >= 11 is 0. The molecular formula is C24H43N5O. The van der Waals surface area contributed by atoms with Crippen LogP contribution in [0.1, 0.15) is 44.6 Å². The fraction of sp³-hybridized carbons (Fsp3) is 0.708. The lowest BCUT2D eigenvalue weighted by Gasteiger charge is -2.32. The van der Waals surface area contributed by atoms with Crippen molar-refractivity contribution in [1.82, 2.24) is 20.4 Å². The number of aliphatic imine (C=N–C) groups is 1. The normalized spacial score (nSPS) is 16.2. The SMILES string of the molecule is CCCCN(C)CCNC(=NC)NCCCOC1CCN(Cc2ccccc2)CC1. The van der Waals surface area contributed by atoms with Crippen LogP contribution in [0.4, 0.5) is 0 Å². The molecule has 6 nitrogen and oxygen atoms in total. The molecule has 2 rings (SSSR count). The van der Waals surface area contributed by atoms with E-state index in [1.807, 2.05) is 7.05 Å². The van der Waals surface area contributed by atoms with E-state index in [4.69, 9.17) is 4.74 Å². The van der Waals surface area contributed by atoms with E-state index in [1.165, 1.54) is 18.4 Å². The number of hydrogen-bond acceptors (Lipinski definition) is 4. The highest BCUT2D eigenvalue weighted by atomic mass is 16.5. The van der Waals surface area contributed by atoms with Crippen LogP contribution in [0.2, 0.25) is 0 Å². The molecule has 170 valence electrons. The highest BCUT2D eigenvalue weighted by molar-refractivity contribution is 5.79. The molecule has 1 aliphatic heterocycles. The Morgan fingerprint density at radius 2 is 1.83 bits per heavy atom. The number of likely N-dealkylation sites (N-methyl/N-ethyl adjacent to an activating group) is 1. The summed E-state index contributed by atoms with van der Waals surface area (Å²) in [7, 11) is 4.01. The van der Waals surface area contributed by atoms with Crippen molar-refractivity contribution in [3.8, 4) is 0 Å². The second-order valence-corrected chi connectivity index (χ2v) is 8.27. The van der Waals surface area contributed by atoms with E-state index in [9.17, 15) is 0 Å². The molecule has 1 saturated heterocycles. The summed E-state index contributed by atoms with van der Waals surface area (Å²) in [5, 5.41) is 6.78. The molecule has 1 heterocycles. The maximum Gasteiger partial charge on any atom is 0.191 e. The number of nitrogens with zero attached hydrogens (tertiary/aromatic N) is 3. The number of unbranched alkanes of at least 4 members (excludes halogenated alkanes) is 1. The van der Waals surface area contributed by atoms with Gasteiger partial charge in [0.2, 0.25) is 0 Å². The maximum atomic E-state index is 6.11. The smallest absolute Gasteiger partial charge is 0.191 e. The highest BCUT2D eigenvalue weighted by Gasteiger charge is 2.19. The Kier molecular flexibility index (Phi) is 12.5. The monoisotopic (exact) mass is 417 g/mol. The molecule has 2 N–H and O–H groups in total. The third kappa shape index (κ3) is 10.4. The third-order valence-electron chi connectivity index (χ3n) is 5.65. The first-order valence-corrected chi connectivity index (χ1v) is 11.7. The fourth-order valence-electron chi connectivity index (χ4n) is 3.73. The summed E-state index contributed by atoms with van der Waals surface area (Å²) in [6.45, 7) is 10.3. The molecule has 0 radical (unpaired) electrons. The van der Waals surface area contributed by atoms with Gasteiger partial charge in [0.15, 0.2) is 5.96 Å². The van der Waals surface area contributed by atoms with Crippen molar-refractivity contribution in [2.24, 2.45) is 4.99 Å². The average molecular weight is 418 g/mol. The lowest BCUT2D eigenvalue weighted by molar-refractivity contribution is 0.00534. The molecule has 1 aromatic rings. The number of benzene rings is 1. The van der Waals surface area contributed by atoms with Crippen LogP contribution in [0.25, 0.3) is 0 Å². The van der Waals surface area contributed by atoms with Gasteiger partial charge in [0.25, 0.3) is 0 Å². The van der Waals surface area contributed by atoms with E-state index in [-0.39, 0.29) is 0 Å². The second-order valence-electron chi connectivity index (χ2n) is 8.27. The summed E-state index contributed by atoms with van der Waals surface area (Å²) in [6, 6.07) is 10.7. The van der Waals surface area contributed by atoms with Gasteiger partial charge >= 0.3 is 0 Å². The molecule has 1 aliphatic rings. The largest absolute Gasteiger partial charge is 0.378 e. The predicted molar refractivity (Wildman–Crippen MR) is 127 cm³/mol. The van der Waals surface area contributed by atoms with Crippen LogP contribution >= 0.6 is 0 Å². The number of guanidine groups is 1. The number of rotatable bonds is 13. The minimum atomic E-state index is 0.410. The fourth-order valence-corrected chi connectivity index (χ4v) is 3.73. The first-order valence-electron chi connectivity index (χ1n) is 11.7. The molecule has 6 heteroatoms. The first kappa shape index (κ1) is 24.6. The molecule has 1 aromatic carbocycles. The lowest BCUT2D eigenvalue weighted by atomic mass is 10.1. The van der Waals surface area contributed by atoms with Crippen molar-refractivity contribution in [3.05, 3.63) is 35.9 Å². The zero-order valence-electron chi connectivity index (χ0n) is 19.4. The summed E-state index contributed by atoms with van der Waals surface area (Å²) < 4.78 is 6.11. The van der Waals surface area contributed by atoms with Crippen molar-refractivity contribution >= 4 is 5.96 Å². The van der Waals surface area contributed by atoms with Crippen molar-refractivity contribution in [2.75, 3.05) is 60.0 Å². The van der Waals surface area contributed by atoms with Crippen LogP contribution in [0, 0.1) is 0 Å². The molecule has 30 heavy (non-hydrogen) atoms. The second kappa shape index (κ2) is 15.2. The van der Waals surface area contributed by atoms with Crippen molar-refractivity contribution < 1.29 is 4.74 Å². The van der Waals surface area contributed by atoms with Gasteiger partial charge in [-0.05, 0) is 44.8 Å². The number of hydrogen-bond donors (Lipinski definition) is 2. The third-order valence-corrected chi connectivity index (χ3v) is 5.65. The Labute approximate surface area is 184 Å². The Morgan fingerprint density at radius 3 is 2.53 bits per heavy atom. The molecule has 1 fully saturated rings. The molecule has 0 amide bonds. The van der Waals surface area contributed by atoms with Gasteiger partial charge in [0.05, 0.1) is 6.10 Å². The Balaban J connectivity index is 1.48. The van der Waals surface area contributed by atoms with Gasteiger partial charge < -0.3 is 20.3 Å². The Morgan fingerprint density at radius 1 is 1.10 bits per heavy atom. The molecule has 0 spiro atoms. The first-order chi connectivity index (χ1) is 14.7. The standard InChI is InChI=1S/C24H43N5O/c1-4-5-16-28(3)19-15-27-24(25-2)26-14-9-20-30-23-12-17-29(18-13-23)21-22-10-7-6-8-11-22/h6-8,10-11,23H,4-5,9,12-21H2,1-3H3,(H2,25,26,27). The van der Waals surface area contributed by atoms with Gasteiger partial charge in [-0.1, -0.05) is 43.7 Å². The quantitative estimate of drug-likeness (QED) is 0.294. The molecule has 0 aromatic heterocycles. The van der Waals surface area contributed by atoms with Crippen LogP contribution < -0.4 is 10.6 Å². The summed E-state index contributed by atoms with van der Waals surface area (Å²) in [6.07, 6.45) is 6.18. The predicted octanol–water partition coefficient (Wildman–Crippen LogP) is 2.95.